The first-order valence-corrected chi connectivity index (χ1v) is 9.43. The first-order chi connectivity index (χ1) is 12.4. The van der Waals surface area contributed by atoms with Gasteiger partial charge in [0.2, 0.25) is 5.88 Å². The van der Waals surface area contributed by atoms with Crippen molar-refractivity contribution >= 4 is 11.0 Å². The van der Waals surface area contributed by atoms with Gasteiger partial charge < -0.3 is 9.30 Å². The van der Waals surface area contributed by atoms with Gasteiger partial charge >= 0.3 is 0 Å². The fourth-order valence-electron chi connectivity index (χ4n) is 3.41. The summed E-state index contributed by atoms with van der Waals surface area (Å²) >= 11 is 0. The predicted molar refractivity (Wildman–Crippen MR) is 108 cm³/mol. The zero-order valence-electron chi connectivity index (χ0n) is 16.9. The van der Waals surface area contributed by atoms with Gasteiger partial charge in [0, 0.05) is 17.9 Å². The van der Waals surface area contributed by atoms with Gasteiger partial charge in [0.1, 0.15) is 0 Å². The van der Waals surface area contributed by atoms with E-state index < -0.39 is 0 Å². The van der Waals surface area contributed by atoms with Crippen molar-refractivity contribution in [1.29, 1.82) is 0 Å². The quantitative estimate of drug-likeness (QED) is 0.593. The highest BCUT2D eigenvalue weighted by atomic mass is 16.5. The van der Waals surface area contributed by atoms with Gasteiger partial charge in [0.15, 0.2) is 0 Å². The summed E-state index contributed by atoms with van der Waals surface area (Å²) in [7, 11) is 1.68. The molecular formula is C22H29N3O. The molecule has 0 bridgehead atoms. The van der Waals surface area contributed by atoms with E-state index in [1.165, 1.54) is 16.6 Å². The first kappa shape index (κ1) is 18.4. The molecular weight excluding hydrogens is 322 g/mol. The normalized spacial score (nSPS) is 11.7. The number of fused-ring (bicyclic) bond motifs is 1. The fourth-order valence-corrected chi connectivity index (χ4v) is 3.41. The third kappa shape index (κ3) is 3.09. The van der Waals surface area contributed by atoms with E-state index in [2.05, 4.69) is 70.5 Å². The van der Waals surface area contributed by atoms with Gasteiger partial charge in [-0.2, -0.15) is 0 Å². The average Bonchev–Trinajstić information content (AvgIpc) is 2.96. The van der Waals surface area contributed by atoms with E-state index in [1.54, 1.807) is 7.11 Å². The van der Waals surface area contributed by atoms with Crippen molar-refractivity contribution in [3.05, 3.63) is 41.2 Å². The van der Waals surface area contributed by atoms with E-state index in [0.717, 1.165) is 28.9 Å². The molecule has 0 radical (unpaired) electrons. The molecule has 4 heteroatoms. The lowest BCUT2D eigenvalue weighted by Gasteiger charge is -2.15. The van der Waals surface area contributed by atoms with E-state index in [0.29, 0.717) is 17.8 Å². The Morgan fingerprint density at radius 2 is 1.85 bits per heavy atom. The Balaban J connectivity index is 2.26. The molecule has 0 N–H and O–H groups in total. The zero-order valence-corrected chi connectivity index (χ0v) is 16.9. The Hall–Kier alpha value is -2.36. The molecule has 3 heterocycles. The minimum Gasteiger partial charge on any atom is -0.480 e. The monoisotopic (exact) mass is 351 g/mol. The molecule has 3 rings (SSSR count). The highest BCUT2D eigenvalue weighted by Crippen LogP contribution is 2.34. The van der Waals surface area contributed by atoms with Crippen LogP contribution in [0.3, 0.4) is 0 Å². The molecule has 0 unspecified atom stereocenters. The summed E-state index contributed by atoms with van der Waals surface area (Å²) < 4.78 is 7.92. The SMILES string of the molecule is CCc1cc2c(nc1-c1ccc(C(C)C)nc1OC)c(C)cn2C(C)C. The minimum absolute atomic E-state index is 0.362. The lowest BCUT2D eigenvalue weighted by atomic mass is 10.0. The predicted octanol–water partition coefficient (Wildman–Crippen LogP) is 5.68. The van der Waals surface area contributed by atoms with Gasteiger partial charge in [0.05, 0.1) is 29.4 Å². The van der Waals surface area contributed by atoms with Crippen LogP contribution in [0.1, 0.15) is 63.4 Å². The average molecular weight is 351 g/mol. The molecule has 138 valence electrons. The van der Waals surface area contributed by atoms with E-state index in [-0.39, 0.29) is 0 Å². The van der Waals surface area contributed by atoms with Crippen LogP contribution < -0.4 is 4.74 Å². The van der Waals surface area contributed by atoms with Crippen LogP contribution in [-0.4, -0.2) is 21.6 Å². The molecule has 0 spiro atoms. The molecule has 0 aliphatic rings. The summed E-state index contributed by atoms with van der Waals surface area (Å²) in [5.74, 6) is 1.01. The number of aromatic nitrogens is 3. The van der Waals surface area contributed by atoms with Crippen molar-refractivity contribution in [3.63, 3.8) is 0 Å². The molecule has 3 aromatic heterocycles. The maximum Gasteiger partial charge on any atom is 0.222 e. The second-order valence-corrected chi connectivity index (χ2v) is 7.48. The lowest BCUT2D eigenvalue weighted by molar-refractivity contribution is 0.397. The number of nitrogens with zero attached hydrogens (tertiary/aromatic N) is 3. The second kappa shape index (κ2) is 7.10. The van der Waals surface area contributed by atoms with Crippen LogP contribution in [0.2, 0.25) is 0 Å². The first-order valence-electron chi connectivity index (χ1n) is 9.43. The summed E-state index contributed by atoms with van der Waals surface area (Å²) in [6.45, 7) is 13.0. The summed E-state index contributed by atoms with van der Waals surface area (Å²) in [5.41, 5.74) is 7.64. The summed E-state index contributed by atoms with van der Waals surface area (Å²) in [4.78, 5) is 9.77. The standard InChI is InChI=1S/C22H29N3O/c1-8-16-11-19-20(15(6)12-25(19)14(4)5)24-21(16)17-9-10-18(13(2)3)23-22(17)26-7/h9-14H,8H2,1-7H3. The Labute approximate surface area is 156 Å². The highest BCUT2D eigenvalue weighted by molar-refractivity contribution is 5.85. The summed E-state index contributed by atoms with van der Waals surface area (Å²) in [6, 6.07) is 6.87. The molecule has 0 amide bonds. The van der Waals surface area contributed by atoms with E-state index in [1.807, 2.05) is 0 Å². The van der Waals surface area contributed by atoms with Gasteiger partial charge in [-0.15, -0.1) is 0 Å². The maximum atomic E-state index is 5.62. The van der Waals surface area contributed by atoms with Crippen LogP contribution in [0, 0.1) is 6.92 Å². The van der Waals surface area contributed by atoms with E-state index in [4.69, 9.17) is 14.7 Å². The minimum atomic E-state index is 0.362. The number of rotatable bonds is 5. The summed E-state index contributed by atoms with van der Waals surface area (Å²) in [6.07, 6.45) is 3.11. The van der Waals surface area contributed by atoms with Crippen LogP contribution in [0.4, 0.5) is 0 Å². The largest absolute Gasteiger partial charge is 0.480 e. The third-order valence-electron chi connectivity index (χ3n) is 4.92. The number of hydrogen-bond donors (Lipinski definition) is 0. The molecule has 0 aliphatic heterocycles. The zero-order chi connectivity index (χ0) is 19.0. The van der Waals surface area contributed by atoms with E-state index >= 15 is 0 Å². The van der Waals surface area contributed by atoms with Gasteiger partial charge in [-0.25, -0.2) is 9.97 Å². The summed E-state index contributed by atoms with van der Waals surface area (Å²) in [5, 5.41) is 0. The number of ether oxygens (including phenoxy) is 1. The van der Waals surface area contributed by atoms with E-state index in [9.17, 15) is 0 Å². The molecule has 0 fully saturated rings. The molecule has 0 atom stereocenters. The van der Waals surface area contributed by atoms with Gasteiger partial charge in [0.25, 0.3) is 0 Å². The van der Waals surface area contributed by atoms with Crippen LogP contribution in [0.15, 0.2) is 24.4 Å². The lowest BCUT2D eigenvalue weighted by Crippen LogP contribution is -2.02. The van der Waals surface area contributed by atoms with Gasteiger partial charge in [-0.05, 0) is 62.4 Å². The van der Waals surface area contributed by atoms with Crippen molar-refractivity contribution in [3.8, 4) is 17.1 Å². The molecule has 0 aliphatic carbocycles. The van der Waals surface area contributed by atoms with Crippen molar-refractivity contribution in [1.82, 2.24) is 14.5 Å². The highest BCUT2D eigenvalue weighted by Gasteiger charge is 2.18. The second-order valence-electron chi connectivity index (χ2n) is 7.48. The van der Waals surface area contributed by atoms with Crippen molar-refractivity contribution in [2.45, 2.75) is 59.9 Å². The van der Waals surface area contributed by atoms with Crippen molar-refractivity contribution < 1.29 is 4.74 Å². The topological polar surface area (TPSA) is 39.9 Å². The van der Waals surface area contributed by atoms with Crippen LogP contribution >= 0.6 is 0 Å². The Morgan fingerprint density at radius 3 is 2.42 bits per heavy atom. The maximum absolute atomic E-state index is 5.62. The third-order valence-corrected chi connectivity index (χ3v) is 4.92. The number of pyridine rings is 2. The molecule has 0 saturated carbocycles. The molecule has 0 aromatic carbocycles. The fraction of sp³-hybridized carbons (Fsp3) is 0.455. The molecule has 0 saturated heterocycles. The Kier molecular flexibility index (Phi) is 5.03. The Morgan fingerprint density at radius 1 is 1.12 bits per heavy atom. The van der Waals surface area contributed by atoms with Crippen molar-refractivity contribution in [2.75, 3.05) is 7.11 Å². The van der Waals surface area contributed by atoms with Crippen LogP contribution in [0.25, 0.3) is 22.3 Å². The Bertz CT molecular complexity index is 938. The van der Waals surface area contributed by atoms with Gasteiger partial charge in [-0.1, -0.05) is 20.8 Å². The van der Waals surface area contributed by atoms with Crippen LogP contribution in [0.5, 0.6) is 5.88 Å². The number of aryl methyl sites for hydroxylation is 2. The molecule has 26 heavy (non-hydrogen) atoms. The van der Waals surface area contributed by atoms with Crippen LogP contribution in [-0.2, 0) is 6.42 Å². The molecule has 4 nitrogen and oxygen atoms in total. The smallest absolute Gasteiger partial charge is 0.222 e. The number of methoxy groups -OCH3 is 1. The molecule has 3 aromatic rings. The van der Waals surface area contributed by atoms with Gasteiger partial charge in [-0.3, -0.25) is 0 Å². The van der Waals surface area contributed by atoms with Crippen molar-refractivity contribution in [2.24, 2.45) is 0 Å². The number of hydrogen-bond acceptors (Lipinski definition) is 3.